The minimum atomic E-state index is -0.607. The molecule has 5 heterocycles. The molecule has 33 heavy (non-hydrogen) atoms. The van der Waals surface area contributed by atoms with Gasteiger partial charge in [0.1, 0.15) is 0 Å². The normalized spacial score (nSPS) is 15.9. The Morgan fingerprint density at radius 2 is 2.00 bits per heavy atom. The Balaban J connectivity index is 1.31. The summed E-state index contributed by atoms with van der Waals surface area (Å²) in [5.74, 6) is -0.973. The van der Waals surface area contributed by atoms with Crippen molar-refractivity contribution in [3.05, 3.63) is 68.8 Å². The zero-order valence-electron chi connectivity index (χ0n) is 18.0. The Morgan fingerprint density at radius 3 is 2.73 bits per heavy atom. The van der Waals surface area contributed by atoms with Crippen LogP contribution in [-0.4, -0.2) is 44.0 Å². The molecule has 0 aromatic carbocycles. The number of rotatable bonds is 6. The lowest BCUT2D eigenvalue weighted by atomic mass is 10.1. The molecule has 0 saturated heterocycles. The van der Waals surface area contributed by atoms with Gasteiger partial charge in [-0.3, -0.25) is 4.79 Å². The average molecular weight is 480 g/mol. The monoisotopic (exact) mass is 479 g/mol. The fourth-order valence-corrected chi connectivity index (χ4v) is 5.27. The fraction of sp³-hybridized carbons (Fsp3) is 0.261. The predicted octanol–water partition coefficient (Wildman–Crippen LogP) is 4.67. The zero-order chi connectivity index (χ0) is 22.9. The second-order valence-electron chi connectivity index (χ2n) is 7.89. The summed E-state index contributed by atoms with van der Waals surface area (Å²) in [6.45, 7) is 3.62. The van der Waals surface area contributed by atoms with E-state index in [1.807, 2.05) is 48.9 Å². The number of pyridine rings is 1. The molecule has 1 atom stereocenters. The third kappa shape index (κ3) is 4.19. The molecular formula is C23H21N5O3S2. The van der Waals surface area contributed by atoms with E-state index in [1.54, 1.807) is 39.6 Å². The van der Waals surface area contributed by atoms with Crippen molar-refractivity contribution in [1.29, 1.82) is 0 Å². The third-order valence-electron chi connectivity index (χ3n) is 5.33. The molecule has 4 aromatic heterocycles. The highest BCUT2D eigenvalue weighted by Crippen LogP contribution is 2.36. The van der Waals surface area contributed by atoms with Crippen LogP contribution in [0.3, 0.4) is 0 Å². The van der Waals surface area contributed by atoms with Crippen LogP contribution in [0.5, 0.6) is 0 Å². The summed E-state index contributed by atoms with van der Waals surface area (Å²) in [6, 6.07) is 9.54. The van der Waals surface area contributed by atoms with Crippen molar-refractivity contribution in [3.63, 3.8) is 0 Å². The van der Waals surface area contributed by atoms with Gasteiger partial charge in [0.05, 0.1) is 28.4 Å². The van der Waals surface area contributed by atoms with Gasteiger partial charge in [-0.25, -0.2) is 19.5 Å². The highest BCUT2D eigenvalue weighted by atomic mass is 32.1. The number of hydrogen-bond acceptors (Lipinski definition) is 8. The minimum Gasteiger partial charge on any atom is -0.452 e. The van der Waals surface area contributed by atoms with Crippen LogP contribution in [0, 0.1) is 0 Å². The van der Waals surface area contributed by atoms with Crippen LogP contribution in [0.15, 0.2) is 58.6 Å². The third-order valence-corrected chi connectivity index (χ3v) is 7.22. The van der Waals surface area contributed by atoms with Crippen molar-refractivity contribution in [2.75, 3.05) is 6.61 Å². The maximum Gasteiger partial charge on any atom is 0.340 e. The molecule has 168 valence electrons. The van der Waals surface area contributed by atoms with Crippen molar-refractivity contribution in [2.24, 2.45) is 5.10 Å². The van der Waals surface area contributed by atoms with E-state index < -0.39 is 12.6 Å². The molecule has 0 radical (unpaired) electrons. The summed E-state index contributed by atoms with van der Waals surface area (Å²) < 4.78 is 7.12. The fourth-order valence-electron chi connectivity index (χ4n) is 3.74. The SMILES string of the molecule is CC(C)n1ncc2cc(C(=O)OCC(=O)N3N=C(c4cccs4)CC3c3cccs3)cnc21. The number of nitrogens with zero attached hydrogens (tertiary/aromatic N) is 5. The van der Waals surface area contributed by atoms with E-state index in [4.69, 9.17) is 4.74 Å². The van der Waals surface area contributed by atoms with Gasteiger partial charge in [0.2, 0.25) is 0 Å². The molecule has 4 aromatic rings. The first-order chi connectivity index (χ1) is 16.0. The number of hydrogen-bond donors (Lipinski definition) is 0. The second kappa shape index (κ2) is 8.87. The zero-order valence-corrected chi connectivity index (χ0v) is 19.7. The van der Waals surface area contributed by atoms with Crippen molar-refractivity contribution >= 4 is 51.3 Å². The van der Waals surface area contributed by atoms with Gasteiger partial charge in [0.25, 0.3) is 5.91 Å². The van der Waals surface area contributed by atoms with Gasteiger partial charge < -0.3 is 4.74 Å². The average Bonchev–Trinajstić information content (AvgIpc) is 3.61. The summed E-state index contributed by atoms with van der Waals surface area (Å²) in [5.41, 5.74) is 1.83. The van der Waals surface area contributed by atoms with Crippen LogP contribution in [0.2, 0.25) is 0 Å². The van der Waals surface area contributed by atoms with Gasteiger partial charge in [0.15, 0.2) is 12.3 Å². The summed E-state index contributed by atoms with van der Waals surface area (Å²) in [6.07, 6.45) is 3.75. The van der Waals surface area contributed by atoms with E-state index in [0.717, 1.165) is 20.9 Å². The van der Waals surface area contributed by atoms with Crippen molar-refractivity contribution in [1.82, 2.24) is 19.8 Å². The molecule has 0 N–H and O–H groups in total. The van der Waals surface area contributed by atoms with E-state index in [0.29, 0.717) is 12.1 Å². The number of carbonyl (C=O) groups excluding carboxylic acids is 2. The first kappa shape index (κ1) is 21.5. The molecule has 0 fully saturated rings. The molecule has 1 amide bonds. The lowest BCUT2D eigenvalue weighted by Gasteiger charge is -2.20. The van der Waals surface area contributed by atoms with Gasteiger partial charge in [0, 0.05) is 28.9 Å². The Morgan fingerprint density at radius 1 is 1.18 bits per heavy atom. The molecular weight excluding hydrogens is 458 g/mol. The number of esters is 1. The highest BCUT2D eigenvalue weighted by Gasteiger charge is 2.34. The Labute approximate surface area is 198 Å². The minimum absolute atomic E-state index is 0.154. The maximum atomic E-state index is 13.0. The first-order valence-electron chi connectivity index (χ1n) is 10.5. The molecule has 5 rings (SSSR count). The molecule has 0 bridgehead atoms. The topological polar surface area (TPSA) is 89.7 Å². The number of hydrazone groups is 1. The molecule has 8 nitrogen and oxygen atoms in total. The van der Waals surface area contributed by atoms with Crippen LogP contribution >= 0.6 is 22.7 Å². The van der Waals surface area contributed by atoms with Crippen molar-refractivity contribution in [3.8, 4) is 0 Å². The smallest absolute Gasteiger partial charge is 0.340 e. The number of aromatic nitrogens is 3. The van der Waals surface area contributed by atoms with Gasteiger partial charge in [-0.1, -0.05) is 12.1 Å². The quantitative estimate of drug-likeness (QED) is 0.375. The summed E-state index contributed by atoms with van der Waals surface area (Å²) in [4.78, 5) is 32.1. The van der Waals surface area contributed by atoms with E-state index in [-0.39, 0.29) is 23.6 Å². The van der Waals surface area contributed by atoms with Crippen LogP contribution in [0.25, 0.3) is 11.0 Å². The Kier molecular flexibility index (Phi) is 5.77. The molecule has 1 aliphatic heterocycles. The first-order valence-corrected chi connectivity index (χ1v) is 12.2. The summed E-state index contributed by atoms with van der Waals surface area (Å²) >= 11 is 3.17. The number of fused-ring (bicyclic) bond motifs is 1. The molecule has 1 aliphatic rings. The van der Waals surface area contributed by atoms with Crippen LogP contribution in [0.4, 0.5) is 0 Å². The van der Waals surface area contributed by atoms with Crippen LogP contribution in [-0.2, 0) is 9.53 Å². The van der Waals surface area contributed by atoms with Crippen LogP contribution < -0.4 is 0 Å². The van der Waals surface area contributed by atoms with Crippen LogP contribution in [0.1, 0.15) is 52.5 Å². The van der Waals surface area contributed by atoms with Crippen molar-refractivity contribution < 1.29 is 14.3 Å². The number of amides is 1. The summed E-state index contributed by atoms with van der Waals surface area (Å²) in [5, 5.41) is 15.0. The molecule has 0 saturated carbocycles. The van der Waals surface area contributed by atoms with E-state index in [1.165, 1.54) is 11.2 Å². The molecule has 1 unspecified atom stereocenters. The Bertz CT molecular complexity index is 1330. The largest absolute Gasteiger partial charge is 0.452 e. The van der Waals surface area contributed by atoms with Gasteiger partial charge in [-0.2, -0.15) is 10.2 Å². The number of carbonyl (C=O) groups is 2. The molecule has 10 heteroatoms. The predicted molar refractivity (Wildman–Crippen MR) is 128 cm³/mol. The molecule has 0 aliphatic carbocycles. The standard InChI is InChI=1S/C23H21N5O3S2/c1-14(2)27-22-15(12-25-27)9-16(11-24-22)23(30)31-13-21(29)28-18(20-6-4-8-33-20)10-17(26-28)19-5-3-7-32-19/h3-9,11-12,14,18H,10,13H2,1-2H3. The second-order valence-corrected chi connectivity index (χ2v) is 9.82. The van der Waals surface area contributed by atoms with Crippen molar-refractivity contribution in [2.45, 2.75) is 32.4 Å². The highest BCUT2D eigenvalue weighted by molar-refractivity contribution is 7.12. The number of ether oxygens (including phenoxy) is 1. The maximum absolute atomic E-state index is 13.0. The van der Waals surface area contributed by atoms with E-state index in [9.17, 15) is 9.59 Å². The summed E-state index contributed by atoms with van der Waals surface area (Å²) in [7, 11) is 0. The van der Waals surface area contributed by atoms with Gasteiger partial charge >= 0.3 is 5.97 Å². The lowest BCUT2D eigenvalue weighted by molar-refractivity contribution is -0.136. The van der Waals surface area contributed by atoms with Gasteiger partial charge in [-0.15, -0.1) is 22.7 Å². The van der Waals surface area contributed by atoms with E-state index in [2.05, 4.69) is 15.2 Å². The van der Waals surface area contributed by atoms with Gasteiger partial charge in [-0.05, 0) is 42.8 Å². The lowest BCUT2D eigenvalue weighted by Crippen LogP contribution is -2.31. The number of thiophene rings is 2. The Hall–Kier alpha value is -3.37. The molecule has 0 spiro atoms. The van der Waals surface area contributed by atoms with E-state index >= 15 is 0 Å².